The van der Waals surface area contributed by atoms with E-state index in [1.165, 1.54) is 32.4 Å². The number of phenols is 1. The first-order valence-electron chi connectivity index (χ1n) is 8.99. The number of carbonyl (C=O) groups is 3. The summed E-state index contributed by atoms with van der Waals surface area (Å²) in [5.41, 5.74) is 1.90. The van der Waals surface area contributed by atoms with Crippen LogP contribution < -0.4 is 20.1 Å². The topological polar surface area (TPSA) is 117 Å². The van der Waals surface area contributed by atoms with Crippen molar-refractivity contribution in [1.82, 2.24) is 10.2 Å². The van der Waals surface area contributed by atoms with Gasteiger partial charge in [-0.15, -0.1) is 0 Å². The van der Waals surface area contributed by atoms with Crippen molar-refractivity contribution in [1.29, 1.82) is 0 Å². The number of anilines is 1. The summed E-state index contributed by atoms with van der Waals surface area (Å²) in [6, 6.07) is 9.45. The molecular weight excluding hydrogens is 390 g/mol. The Bertz CT molecular complexity index is 1020. The van der Waals surface area contributed by atoms with Crippen LogP contribution in [-0.4, -0.2) is 48.6 Å². The van der Waals surface area contributed by atoms with Crippen LogP contribution in [0.25, 0.3) is 6.08 Å². The first-order chi connectivity index (χ1) is 14.3. The Balaban J connectivity index is 1.78. The van der Waals surface area contributed by atoms with Gasteiger partial charge in [0.1, 0.15) is 12.2 Å². The molecule has 156 valence electrons. The van der Waals surface area contributed by atoms with E-state index in [4.69, 9.17) is 9.47 Å². The lowest BCUT2D eigenvalue weighted by molar-refractivity contribution is -0.127. The maximum absolute atomic E-state index is 12.6. The lowest BCUT2D eigenvalue weighted by Crippen LogP contribution is -2.38. The summed E-state index contributed by atoms with van der Waals surface area (Å²) in [4.78, 5) is 38.0. The van der Waals surface area contributed by atoms with Gasteiger partial charge >= 0.3 is 6.03 Å². The summed E-state index contributed by atoms with van der Waals surface area (Å²) >= 11 is 0. The summed E-state index contributed by atoms with van der Waals surface area (Å²) < 4.78 is 10.2. The number of rotatable bonds is 6. The zero-order valence-electron chi connectivity index (χ0n) is 16.7. The molecule has 4 amide bonds. The fourth-order valence-electron chi connectivity index (χ4n) is 2.93. The lowest BCUT2D eigenvalue weighted by Gasteiger charge is -2.13. The monoisotopic (exact) mass is 411 g/mol. The number of benzene rings is 2. The molecule has 0 saturated carbocycles. The van der Waals surface area contributed by atoms with Crippen LogP contribution >= 0.6 is 0 Å². The highest BCUT2D eigenvalue weighted by Crippen LogP contribution is 2.37. The molecule has 0 atom stereocenters. The first-order valence-corrected chi connectivity index (χ1v) is 8.99. The number of carbonyl (C=O) groups excluding carboxylic acids is 3. The molecule has 2 aromatic carbocycles. The Morgan fingerprint density at radius 1 is 1.17 bits per heavy atom. The Hall–Kier alpha value is -4.01. The summed E-state index contributed by atoms with van der Waals surface area (Å²) in [6.07, 6.45) is 1.41. The summed E-state index contributed by atoms with van der Waals surface area (Å²) in [5, 5.41) is 15.1. The highest BCUT2D eigenvalue weighted by Gasteiger charge is 2.35. The maximum Gasteiger partial charge on any atom is 0.329 e. The average Bonchev–Trinajstić information content (AvgIpc) is 2.98. The summed E-state index contributed by atoms with van der Waals surface area (Å²) in [7, 11) is 2.76. The van der Waals surface area contributed by atoms with Gasteiger partial charge < -0.3 is 25.2 Å². The molecule has 30 heavy (non-hydrogen) atoms. The molecule has 3 N–H and O–H groups in total. The number of nitrogens with one attached hydrogen (secondary N) is 2. The van der Waals surface area contributed by atoms with Crippen molar-refractivity contribution in [3.63, 3.8) is 0 Å². The minimum absolute atomic E-state index is 0.0153. The number of methoxy groups -OCH3 is 2. The van der Waals surface area contributed by atoms with E-state index in [9.17, 15) is 19.5 Å². The molecule has 1 fully saturated rings. The number of aryl methyl sites for hydroxylation is 1. The Morgan fingerprint density at radius 2 is 1.80 bits per heavy atom. The number of urea groups is 1. The van der Waals surface area contributed by atoms with Crippen LogP contribution in [0.4, 0.5) is 10.5 Å². The largest absolute Gasteiger partial charge is 0.502 e. The number of ether oxygens (including phenoxy) is 2. The van der Waals surface area contributed by atoms with Crippen LogP contribution in [0.5, 0.6) is 17.2 Å². The third-order valence-electron chi connectivity index (χ3n) is 4.50. The van der Waals surface area contributed by atoms with Crippen molar-refractivity contribution >= 4 is 29.6 Å². The molecule has 1 saturated heterocycles. The van der Waals surface area contributed by atoms with Crippen molar-refractivity contribution in [2.75, 3.05) is 26.1 Å². The maximum atomic E-state index is 12.6. The highest BCUT2D eigenvalue weighted by atomic mass is 16.5. The number of amides is 4. The number of aromatic hydroxyl groups is 1. The normalized spacial score (nSPS) is 14.6. The van der Waals surface area contributed by atoms with Crippen molar-refractivity contribution in [2.24, 2.45) is 0 Å². The van der Waals surface area contributed by atoms with E-state index in [-0.39, 0.29) is 22.9 Å². The number of nitrogens with zero attached hydrogens (tertiary/aromatic N) is 1. The van der Waals surface area contributed by atoms with Gasteiger partial charge in [-0.05, 0) is 42.3 Å². The van der Waals surface area contributed by atoms with E-state index in [0.717, 1.165) is 10.5 Å². The summed E-state index contributed by atoms with van der Waals surface area (Å²) in [5.74, 6) is -1.04. The quantitative estimate of drug-likeness (QED) is 0.496. The van der Waals surface area contributed by atoms with Gasteiger partial charge in [-0.3, -0.25) is 9.59 Å². The van der Waals surface area contributed by atoms with Gasteiger partial charge in [0.05, 0.1) is 14.2 Å². The standard InChI is InChI=1S/C21H21N3O6/c1-12-6-4-5-7-14(12)22-18(25)11-24-20(27)15(23-21(24)28)8-13-9-16(29-2)19(26)17(10-13)30-3/h4-10,26H,11H2,1-3H3,(H,22,25)(H,23,28)/b15-8-. The second-order valence-corrected chi connectivity index (χ2v) is 6.52. The van der Waals surface area contributed by atoms with Crippen LogP contribution in [0, 0.1) is 6.92 Å². The summed E-state index contributed by atoms with van der Waals surface area (Å²) in [6.45, 7) is 1.41. The minimum atomic E-state index is -0.705. The molecule has 0 aromatic heterocycles. The zero-order chi connectivity index (χ0) is 21.8. The molecule has 2 aromatic rings. The second kappa shape index (κ2) is 8.56. The van der Waals surface area contributed by atoms with Crippen molar-refractivity contribution in [3.05, 3.63) is 53.2 Å². The van der Waals surface area contributed by atoms with E-state index in [0.29, 0.717) is 11.3 Å². The van der Waals surface area contributed by atoms with Gasteiger partial charge in [0.2, 0.25) is 11.7 Å². The third kappa shape index (κ3) is 4.19. The van der Waals surface area contributed by atoms with Gasteiger partial charge in [-0.2, -0.15) is 0 Å². The van der Waals surface area contributed by atoms with E-state index >= 15 is 0 Å². The van der Waals surface area contributed by atoms with Crippen molar-refractivity contribution in [2.45, 2.75) is 6.92 Å². The van der Waals surface area contributed by atoms with Crippen LogP contribution in [0.15, 0.2) is 42.1 Å². The molecule has 0 radical (unpaired) electrons. The fraction of sp³-hybridized carbons (Fsp3) is 0.190. The minimum Gasteiger partial charge on any atom is -0.502 e. The van der Waals surface area contributed by atoms with Gasteiger partial charge in [0.15, 0.2) is 11.5 Å². The average molecular weight is 411 g/mol. The van der Waals surface area contributed by atoms with Crippen molar-refractivity contribution in [3.8, 4) is 17.2 Å². The number of hydrogen-bond acceptors (Lipinski definition) is 6. The van der Waals surface area contributed by atoms with Crippen molar-refractivity contribution < 1.29 is 29.0 Å². The van der Waals surface area contributed by atoms with Crippen LogP contribution in [0.3, 0.4) is 0 Å². The van der Waals surface area contributed by atoms with Crippen LogP contribution in [0.2, 0.25) is 0 Å². The van der Waals surface area contributed by atoms with Gasteiger partial charge in [0.25, 0.3) is 5.91 Å². The second-order valence-electron chi connectivity index (χ2n) is 6.52. The Kier molecular flexibility index (Phi) is 5.91. The number of imide groups is 1. The molecule has 1 aliphatic rings. The third-order valence-corrected chi connectivity index (χ3v) is 4.50. The molecule has 3 rings (SSSR count). The van der Waals surface area contributed by atoms with Gasteiger partial charge in [-0.25, -0.2) is 9.69 Å². The molecule has 1 heterocycles. The molecule has 0 bridgehead atoms. The van der Waals surface area contributed by atoms with E-state index < -0.39 is 24.4 Å². The van der Waals surface area contributed by atoms with Gasteiger partial charge in [-0.1, -0.05) is 18.2 Å². The molecule has 0 unspecified atom stereocenters. The van der Waals surface area contributed by atoms with Gasteiger partial charge in [0, 0.05) is 5.69 Å². The zero-order valence-corrected chi connectivity index (χ0v) is 16.7. The van der Waals surface area contributed by atoms with E-state index in [1.54, 1.807) is 12.1 Å². The molecule has 0 aliphatic carbocycles. The smallest absolute Gasteiger partial charge is 0.329 e. The predicted octanol–water partition coefficient (Wildman–Crippen LogP) is 2.25. The Labute approximate surface area is 172 Å². The lowest BCUT2D eigenvalue weighted by atomic mass is 10.1. The van der Waals surface area contributed by atoms with Crippen LogP contribution in [0.1, 0.15) is 11.1 Å². The molecule has 9 nitrogen and oxygen atoms in total. The van der Waals surface area contributed by atoms with E-state index in [1.807, 2.05) is 19.1 Å². The van der Waals surface area contributed by atoms with E-state index in [2.05, 4.69) is 10.6 Å². The number of hydrogen-bond donors (Lipinski definition) is 3. The Morgan fingerprint density at radius 3 is 2.40 bits per heavy atom. The first kappa shape index (κ1) is 20.7. The molecule has 1 aliphatic heterocycles. The molecule has 0 spiro atoms. The SMILES string of the molecule is COc1cc(/C=C2\NC(=O)N(CC(=O)Nc3ccccc3C)C2=O)cc(OC)c1O. The van der Waals surface area contributed by atoms with Crippen LogP contribution in [-0.2, 0) is 9.59 Å². The number of phenolic OH excluding ortho intramolecular Hbond substituents is 1. The molecular formula is C21H21N3O6. The number of para-hydroxylation sites is 1. The fourth-order valence-corrected chi connectivity index (χ4v) is 2.93. The highest BCUT2D eigenvalue weighted by molar-refractivity contribution is 6.16. The molecule has 9 heteroatoms. The predicted molar refractivity (Wildman–Crippen MR) is 109 cm³/mol.